The van der Waals surface area contributed by atoms with Crippen molar-refractivity contribution in [2.24, 2.45) is 5.92 Å². The maximum Gasteiger partial charge on any atom is 0.0314 e. The quantitative estimate of drug-likeness (QED) is 0.529. The second-order valence-electron chi connectivity index (χ2n) is 4.21. The van der Waals surface area contributed by atoms with E-state index in [9.17, 15) is 0 Å². The topological polar surface area (TPSA) is 26.0 Å². The Morgan fingerprint density at radius 2 is 1.79 bits per heavy atom. The molecule has 2 N–H and O–H groups in total. The second-order valence-corrected chi connectivity index (χ2v) is 4.21. The van der Waals surface area contributed by atoms with Gasteiger partial charge in [-0.2, -0.15) is 0 Å². The molecule has 0 aromatic heterocycles. The van der Waals surface area contributed by atoms with Gasteiger partial charge in [0, 0.05) is 11.6 Å². The molecule has 0 aliphatic heterocycles. The lowest BCUT2D eigenvalue weighted by atomic mass is 9.85. The van der Waals surface area contributed by atoms with Crippen molar-refractivity contribution in [1.29, 1.82) is 0 Å². The van der Waals surface area contributed by atoms with Crippen molar-refractivity contribution in [3.8, 4) is 0 Å². The summed E-state index contributed by atoms with van der Waals surface area (Å²) in [6, 6.07) is 8.25. The van der Waals surface area contributed by atoms with Gasteiger partial charge in [0.15, 0.2) is 0 Å². The first kappa shape index (κ1) is 9.32. The van der Waals surface area contributed by atoms with Gasteiger partial charge in [-0.3, -0.25) is 0 Å². The lowest BCUT2D eigenvalue weighted by Crippen LogP contribution is -2.04. The third-order valence-corrected chi connectivity index (χ3v) is 2.97. The Balaban J connectivity index is 2.16. The molecule has 1 heteroatoms. The summed E-state index contributed by atoms with van der Waals surface area (Å²) in [7, 11) is 0. The Kier molecular flexibility index (Phi) is 2.58. The zero-order valence-electron chi connectivity index (χ0n) is 8.61. The number of benzene rings is 1. The fourth-order valence-electron chi connectivity index (χ4n) is 1.98. The lowest BCUT2D eigenvalue weighted by Gasteiger charge is -2.20. The molecule has 14 heavy (non-hydrogen) atoms. The van der Waals surface area contributed by atoms with Gasteiger partial charge < -0.3 is 5.73 Å². The molecular formula is C13H17N. The highest BCUT2D eigenvalue weighted by molar-refractivity contribution is 5.41. The Morgan fingerprint density at radius 1 is 1.07 bits per heavy atom. The Bertz CT molecular complexity index is 324. The van der Waals surface area contributed by atoms with Crippen molar-refractivity contribution in [3.05, 3.63) is 42.0 Å². The van der Waals surface area contributed by atoms with Gasteiger partial charge in [0.2, 0.25) is 0 Å². The van der Waals surface area contributed by atoms with Gasteiger partial charge in [-0.05, 0) is 36.5 Å². The maximum absolute atomic E-state index is 5.66. The summed E-state index contributed by atoms with van der Waals surface area (Å²) < 4.78 is 0. The zero-order chi connectivity index (χ0) is 9.97. The van der Waals surface area contributed by atoms with Crippen LogP contribution in [0.4, 0.5) is 5.69 Å². The van der Waals surface area contributed by atoms with Gasteiger partial charge >= 0.3 is 0 Å². The van der Waals surface area contributed by atoms with E-state index in [-0.39, 0.29) is 0 Å². The summed E-state index contributed by atoms with van der Waals surface area (Å²) in [6.45, 7) is 2.27. The highest BCUT2D eigenvalue weighted by Gasteiger charge is 2.13. The molecule has 2 atom stereocenters. The van der Waals surface area contributed by atoms with Gasteiger partial charge in [0.1, 0.15) is 0 Å². The van der Waals surface area contributed by atoms with Crippen LogP contribution in [0.15, 0.2) is 36.4 Å². The molecule has 1 aliphatic rings. The summed E-state index contributed by atoms with van der Waals surface area (Å²) >= 11 is 0. The molecule has 0 fully saturated rings. The van der Waals surface area contributed by atoms with E-state index in [4.69, 9.17) is 5.73 Å². The highest BCUT2D eigenvalue weighted by Crippen LogP contribution is 2.30. The minimum absolute atomic E-state index is 0.604. The van der Waals surface area contributed by atoms with Crippen LogP contribution in [0.3, 0.4) is 0 Å². The van der Waals surface area contributed by atoms with Crippen molar-refractivity contribution in [1.82, 2.24) is 0 Å². The van der Waals surface area contributed by atoms with E-state index in [1.54, 1.807) is 0 Å². The molecule has 1 aromatic carbocycles. The predicted molar refractivity (Wildman–Crippen MR) is 61.1 cm³/mol. The average Bonchev–Trinajstić information content (AvgIpc) is 2.21. The van der Waals surface area contributed by atoms with Crippen molar-refractivity contribution in [3.63, 3.8) is 0 Å². The van der Waals surface area contributed by atoms with Crippen LogP contribution in [-0.2, 0) is 0 Å². The van der Waals surface area contributed by atoms with E-state index in [2.05, 4.69) is 31.2 Å². The fourth-order valence-corrected chi connectivity index (χ4v) is 1.98. The predicted octanol–water partition coefficient (Wildman–Crippen LogP) is 3.34. The Labute approximate surface area is 85.6 Å². The van der Waals surface area contributed by atoms with Gasteiger partial charge in [0.25, 0.3) is 0 Å². The average molecular weight is 187 g/mol. The zero-order valence-corrected chi connectivity index (χ0v) is 8.61. The Hall–Kier alpha value is -1.24. The molecule has 0 heterocycles. The summed E-state index contributed by atoms with van der Waals surface area (Å²) in [6.07, 6.45) is 7.22. The highest BCUT2D eigenvalue weighted by atomic mass is 14.5. The molecule has 2 unspecified atom stereocenters. The van der Waals surface area contributed by atoms with Crippen molar-refractivity contribution in [2.45, 2.75) is 25.7 Å². The number of allylic oxidation sites excluding steroid dienone is 2. The standard InChI is InChI=1S/C13H17N/c1-10-2-4-11(5-3-10)12-6-8-13(14)9-7-12/h2,4,6-11H,3,5,14H2,1H3. The lowest BCUT2D eigenvalue weighted by molar-refractivity contribution is 0.545. The number of hydrogen-bond donors (Lipinski definition) is 1. The number of rotatable bonds is 1. The normalized spacial score (nSPS) is 26.4. The first-order valence-corrected chi connectivity index (χ1v) is 5.29. The van der Waals surface area contributed by atoms with Crippen LogP contribution in [-0.4, -0.2) is 0 Å². The van der Waals surface area contributed by atoms with Crippen molar-refractivity contribution >= 4 is 5.69 Å². The van der Waals surface area contributed by atoms with Gasteiger partial charge in [-0.1, -0.05) is 31.2 Å². The number of hydrogen-bond acceptors (Lipinski definition) is 1. The second kappa shape index (κ2) is 3.87. The maximum atomic E-state index is 5.66. The van der Waals surface area contributed by atoms with Crippen molar-refractivity contribution in [2.75, 3.05) is 5.73 Å². The summed E-state index contributed by atoms with van der Waals surface area (Å²) in [5, 5.41) is 0. The minimum Gasteiger partial charge on any atom is -0.399 e. The molecule has 0 bridgehead atoms. The fraction of sp³-hybridized carbons (Fsp3) is 0.385. The number of nitrogen functional groups attached to an aromatic ring is 1. The van der Waals surface area contributed by atoms with Crippen LogP contribution in [0, 0.1) is 5.92 Å². The van der Waals surface area contributed by atoms with E-state index in [1.165, 1.54) is 18.4 Å². The van der Waals surface area contributed by atoms with Crippen molar-refractivity contribution < 1.29 is 0 Å². The van der Waals surface area contributed by atoms with E-state index in [0.717, 1.165) is 11.6 Å². The Morgan fingerprint density at radius 3 is 2.36 bits per heavy atom. The van der Waals surface area contributed by atoms with Gasteiger partial charge in [-0.15, -0.1) is 0 Å². The van der Waals surface area contributed by atoms with E-state index >= 15 is 0 Å². The van der Waals surface area contributed by atoms with E-state index in [0.29, 0.717) is 5.92 Å². The molecular weight excluding hydrogens is 170 g/mol. The van der Waals surface area contributed by atoms with Crippen LogP contribution >= 0.6 is 0 Å². The third kappa shape index (κ3) is 1.98. The molecule has 74 valence electrons. The number of anilines is 1. The van der Waals surface area contributed by atoms with Gasteiger partial charge in [0.05, 0.1) is 0 Å². The first-order chi connectivity index (χ1) is 6.75. The summed E-state index contributed by atoms with van der Waals surface area (Å²) in [5.41, 5.74) is 7.90. The molecule has 0 spiro atoms. The molecule has 0 saturated heterocycles. The summed E-state index contributed by atoms with van der Waals surface area (Å²) in [5.74, 6) is 1.35. The van der Waals surface area contributed by atoms with Crippen LogP contribution in [0.1, 0.15) is 31.2 Å². The molecule has 0 radical (unpaired) electrons. The minimum atomic E-state index is 0.604. The third-order valence-electron chi connectivity index (χ3n) is 2.97. The largest absolute Gasteiger partial charge is 0.399 e. The van der Waals surface area contributed by atoms with Crippen LogP contribution < -0.4 is 5.73 Å². The molecule has 1 aromatic rings. The smallest absolute Gasteiger partial charge is 0.0314 e. The molecule has 0 saturated carbocycles. The number of nitrogens with two attached hydrogens (primary N) is 1. The molecule has 2 rings (SSSR count). The van der Waals surface area contributed by atoms with E-state index in [1.807, 2.05) is 12.1 Å². The monoisotopic (exact) mass is 187 g/mol. The molecule has 0 amide bonds. The molecule has 1 nitrogen and oxygen atoms in total. The van der Waals surface area contributed by atoms with Crippen LogP contribution in [0.25, 0.3) is 0 Å². The summed E-state index contributed by atoms with van der Waals surface area (Å²) in [4.78, 5) is 0. The molecule has 1 aliphatic carbocycles. The van der Waals surface area contributed by atoms with Crippen LogP contribution in [0.2, 0.25) is 0 Å². The van der Waals surface area contributed by atoms with Gasteiger partial charge in [-0.25, -0.2) is 0 Å². The van der Waals surface area contributed by atoms with E-state index < -0.39 is 0 Å². The SMILES string of the molecule is CC1C=CC(c2ccc(N)cc2)CC1. The first-order valence-electron chi connectivity index (χ1n) is 5.29. The van der Waals surface area contributed by atoms with Crippen LogP contribution in [0.5, 0.6) is 0 Å².